The third-order valence-electron chi connectivity index (χ3n) is 2.83. The molecule has 2 aromatic carbocycles. The first kappa shape index (κ1) is 12.6. The zero-order valence-corrected chi connectivity index (χ0v) is 10.5. The van der Waals surface area contributed by atoms with Crippen molar-refractivity contribution < 1.29 is 9.13 Å². The topological polar surface area (TPSA) is 35.2 Å². The molecule has 0 heterocycles. The summed E-state index contributed by atoms with van der Waals surface area (Å²) in [6.07, 6.45) is 0. The van der Waals surface area contributed by atoms with Crippen LogP contribution in [0, 0.1) is 19.7 Å². The smallest absolute Gasteiger partial charge is 0.134 e. The highest BCUT2D eigenvalue weighted by atomic mass is 19.1. The summed E-state index contributed by atoms with van der Waals surface area (Å²) in [4.78, 5) is 0. The number of nitrogens with two attached hydrogens (primary N) is 1. The molecule has 0 aliphatic carbocycles. The zero-order chi connectivity index (χ0) is 13.1. The highest BCUT2D eigenvalue weighted by Crippen LogP contribution is 2.29. The molecule has 0 aliphatic rings. The maximum absolute atomic E-state index is 13.6. The minimum absolute atomic E-state index is 0.118. The number of ether oxygens (including phenoxy) is 1. The first-order valence-corrected chi connectivity index (χ1v) is 5.84. The van der Waals surface area contributed by atoms with E-state index < -0.39 is 0 Å². The molecule has 2 rings (SSSR count). The molecule has 2 nitrogen and oxygen atoms in total. The number of halogens is 1. The van der Waals surface area contributed by atoms with Crippen molar-refractivity contribution in [3.63, 3.8) is 0 Å². The second-order valence-electron chi connectivity index (χ2n) is 4.29. The van der Waals surface area contributed by atoms with Crippen LogP contribution < -0.4 is 10.5 Å². The molecule has 0 spiro atoms. The Kier molecular flexibility index (Phi) is 3.63. The van der Waals surface area contributed by atoms with Gasteiger partial charge in [-0.05, 0) is 37.6 Å². The Labute approximate surface area is 106 Å². The lowest BCUT2D eigenvalue weighted by Gasteiger charge is -2.12. The summed E-state index contributed by atoms with van der Waals surface area (Å²) in [5.74, 6) is 0.866. The van der Waals surface area contributed by atoms with Crippen molar-refractivity contribution in [2.24, 2.45) is 5.73 Å². The monoisotopic (exact) mass is 245 g/mol. The summed E-state index contributed by atoms with van der Waals surface area (Å²) < 4.78 is 19.3. The number of hydrogen-bond donors (Lipinski definition) is 1. The second-order valence-corrected chi connectivity index (χ2v) is 4.29. The molecule has 0 aliphatic heterocycles. The van der Waals surface area contributed by atoms with E-state index in [0.717, 1.165) is 16.9 Å². The normalized spacial score (nSPS) is 10.4. The van der Waals surface area contributed by atoms with Crippen LogP contribution >= 0.6 is 0 Å². The van der Waals surface area contributed by atoms with Crippen LogP contribution in [0.4, 0.5) is 4.39 Å². The van der Waals surface area contributed by atoms with Crippen molar-refractivity contribution in [3.8, 4) is 11.5 Å². The minimum atomic E-state index is -0.334. The van der Waals surface area contributed by atoms with Crippen molar-refractivity contribution >= 4 is 0 Å². The first-order valence-electron chi connectivity index (χ1n) is 5.84. The molecule has 94 valence electrons. The quantitative estimate of drug-likeness (QED) is 0.895. The fraction of sp³-hybridized carbons (Fsp3) is 0.200. The summed E-state index contributed by atoms with van der Waals surface area (Å²) in [6.45, 7) is 4.10. The molecule has 0 radical (unpaired) electrons. The van der Waals surface area contributed by atoms with Crippen LogP contribution in [0.15, 0.2) is 36.4 Å². The predicted molar refractivity (Wildman–Crippen MR) is 70.3 cm³/mol. The van der Waals surface area contributed by atoms with Crippen molar-refractivity contribution in [1.82, 2.24) is 0 Å². The molecule has 0 atom stereocenters. The van der Waals surface area contributed by atoms with Crippen molar-refractivity contribution in [2.45, 2.75) is 20.4 Å². The molecular formula is C15H16FNO. The Hall–Kier alpha value is -1.87. The van der Waals surface area contributed by atoms with Crippen LogP contribution in [-0.4, -0.2) is 0 Å². The molecular weight excluding hydrogens is 229 g/mol. The maximum Gasteiger partial charge on any atom is 0.134 e. The van der Waals surface area contributed by atoms with Gasteiger partial charge in [-0.2, -0.15) is 0 Å². The summed E-state index contributed by atoms with van der Waals surface area (Å²) >= 11 is 0. The Balaban J connectivity index is 2.37. The van der Waals surface area contributed by atoms with E-state index in [2.05, 4.69) is 0 Å². The molecule has 0 aromatic heterocycles. The van der Waals surface area contributed by atoms with Crippen molar-refractivity contribution in [2.75, 3.05) is 0 Å². The van der Waals surface area contributed by atoms with Gasteiger partial charge in [-0.15, -0.1) is 0 Å². The molecule has 2 N–H and O–H groups in total. The molecule has 0 bridgehead atoms. The van der Waals surface area contributed by atoms with E-state index in [1.807, 2.05) is 32.0 Å². The second kappa shape index (κ2) is 5.19. The molecule has 0 amide bonds. The van der Waals surface area contributed by atoms with E-state index in [9.17, 15) is 4.39 Å². The van der Waals surface area contributed by atoms with Crippen molar-refractivity contribution in [1.29, 1.82) is 0 Å². The van der Waals surface area contributed by atoms with Gasteiger partial charge >= 0.3 is 0 Å². The van der Waals surface area contributed by atoms with Crippen LogP contribution in [0.2, 0.25) is 0 Å². The largest absolute Gasteiger partial charge is 0.457 e. The lowest BCUT2D eigenvalue weighted by Crippen LogP contribution is -2.02. The average molecular weight is 245 g/mol. The lowest BCUT2D eigenvalue weighted by molar-refractivity contribution is 0.464. The van der Waals surface area contributed by atoms with E-state index in [1.165, 1.54) is 6.07 Å². The van der Waals surface area contributed by atoms with Crippen LogP contribution in [0.3, 0.4) is 0 Å². The minimum Gasteiger partial charge on any atom is -0.457 e. The van der Waals surface area contributed by atoms with Gasteiger partial charge in [0.1, 0.15) is 17.3 Å². The van der Waals surface area contributed by atoms with Crippen LogP contribution in [-0.2, 0) is 6.54 Å². The Bertz CT molecular complexity index is 566. The van der Waals surface area contributed by atoms with E-state index in [4.69, 9.17) is 10.5 Å². The van der Waals surface area contributed by atoms with Crippen LogP contribution in [0.25, 0.3) is 0 Å². The van der Waals surface area contributed by atoms with Gasteiger partial charge in [-0.3, -0.25) is 0 Å². The van der Waals surface area contributed by atoms with Gasteiger partial charge in [0, 0.05) is 12.1 Å². The lowest BCUT2D eigenvalue weighted by atomic mass is 10.1. The van der Waals surface area contributed by atoms with Gasteiger partial charge in [0.2, 0.25) is 0 Å². The maximum atomic E-state index is 13.6. The average Bonchev–Trinajstić information content (AvgIpc) is 2.33. The van der Waals surface area contributed by atoms with Gasteiger partial charge in [-0.25, -0.2) is 4.39 Å². The van der Waals surface area contributed by atoms with Gasteiger partial charge < -0.3 is 10.5 Å². The fourth-order valence-electron chi connectivity index (χ4n) is 1.86. The van der Waals surface area contributed by atoms with E-state index >= 15 is 0 Å². The number of benzene rings is 2. The zero-order valence-electron chi connectivity index (χ0n) is 10.5. The Morgan fingerprint density at radius 3 is 2.56 bits per heavy atom. The molecule has 18 heavy (non-hydrogen) atoms. The van der Waals surface area contributed by atoms with E-state index in [1.54, 1.807) is 12.1 Å². The number of aryl methyl sites for hydroxylation is 2. The summed E-state index contributed by atoms with van der Waals surface area (Å²) in [6, 6.07) is 10.6. The standard InChI is InChI=1S/C15H16FNO/c1-10-6-7-14(11(2)8-10)18-15-5-3-4-13(16)12(15)9-17/h3-8H,9,17H2,1-2H3. The van der Waals surface area contributed by atoms with Gasteiger partial charge in [-0.1, -0.05) is 23.8 Å². The highest BCUT2D eigenvalue weighted by molar-refractivity contribution is 5.42. The summed E-state index contributed by atoms with van der Waals surface area (Å²) in [5.41, 5.74) is 8.13. The Morgan fingerprint density at radius 2 is 1.89 bits per heavy atom. The fourth-order valence-corrected chi connectivity index (χ4v) is 1.86. The van der Waals surface area contributed by atoms with Crippen LogP contribution in [0.1, 0.15) is 16.7 Å². The molecule has 0 unspecified atom stereocenters. The Morgan fingerprint density at radius 1 is 1.11 bits per heavy atom. The predicted octanol–water partition coefficient (Wildman–Crippen LogP) is 3.69. The van der Waals surface area contributed by atoms with E-state index in [0.29, 0.717) is 11.3 Å². The molecule has 2 aromatic rings. The third kappa shape index (κ3) is 2.51. The molecule has 0 fully saturated rings. The third-order valence-corrected chi connectivity index (χ3v) is 2.83. The summed E-state index contributed by atoms with van der Waals surface area (Å²) in [7, 11) is 0. The SMILES string of the molecule is Cc1ccc(Oc2cccc(F)c2CN)c(C)c1. The number of hydrogen-bond acceptors (Lipinski definition) is 2. The number of rotatable bonds is 3. The van der Waals surface area contributed by atoms with Crippen LogP contribution in [0.5, 0.6) is 11.5 Å². The summed E-state index contributed by atoms with van der Waals surface area (Å²) in [5, 5.41) is 0. The van der Waals surface area contributed by atoms with E-state index in [-0.39, 0.29) is 12.4 Å². The molecule has 3 heteroatoms. The van der Waals surface area contributed by atoms with Crippen molar-refractivity contribution in [3.05, 3.63) is 58.9 Å². The highest BCUT2D eigenvalue weighted by Gasteiger charge is 2.09. The van der Waals surface area contributed by atoms with Gasteiger partial charge in [0.15, 0.2) is 0 Å². The van der Waals surface area contributed by atoms with Gasteiger partial charge in [0.05, 0.1) is 0 Å². The molecule has 0 saturated heterocycles. The first-order chi connectivity index (χ1) is 8.61. The van der Waals surface area contributed by atoms with Gasteiger partial charge in [0.25, 0.3) is 0 Å². The molecule has 0 saturated carbocycles.